The molecule has 10 heteroatoms. The van der Waals surface area contributed by atoms with E-state index in [0.29, 0.717) is 5.75 Å². The van der Waals surface area contributed by atoms with Gasteiger partial charge in [0.15, 0.2) is 0 Å². The number of nitrogens with zero attached hydrogens (tertiary/aromatic N) is 2. The lowest BCUT2D eigenvalue weighted by molar-refractivity contribution is -0.139. The average Bonchev–Trinajstić information content (AvgIpc) is 2.86. The van der Waals surface area contributed by atoms with Gasteiger partial charge in [-0.2, -0.15) is 0 Å². The van der Waals surface area contributed by atoms with Crippen LogP contribution >= 0.6 is 0 Å². The molecule has 3 rings (SSSR count). The van der Waals surface area contributed by atoms with Crippen molar-refractivity contribution in [2.45, 2.75) is 57.7 Å². The number of sulfonamides is 1. The summed E-state index contributed by atoms with van der Waals surface area (Å²) in [6, 6.07) is 11.4. The van der Waals surface area contributed by atoms with Crippen LogP contribution in [0.1, 0.15) is 44.6 Å². The van der Waals surface area contributed by atoms with Gasteiger partial charge in [-0.15, -0.1) is 0 Å². The first-order valence-electron chi connectivity index (χ1n) is 12.0. The molecule has 0 spiro atoms. The smallest absolute Gasteiger partial charge is 0.244 e. The molecule has 36 heavy (non-hydrogen) atoms. The normalized spacial score (nSPS) is 15.1. The molecule has 1 N–H and O–H groups in total. The number of hydrogen-bond donors (Lipinski definition) is 1. The first kappa shape index (κ1) is 27.4. The van der Waals surface area contributed by atoms with E-state index in [9.17, 15) is 22.4 Å². The lowest BCUT2D eigenvalue weighted by Gasteiger charge is -2.33. The molecule has 0 radical (unpaired) electrons. The summed E-state index contributed by atoms with van der Waals surface area (Å²) >= 11 is 0. The molecule has 0 aromatic heterocycles. The fourth-order valence-corrected chi connectivity index (χ4v) is 5.18. The molecule has 2 aromatic rings. The molecule has 1 aliphatic rings. The van der Waals surface area contributed by atoms with Gasteiger partial charge in [-0.25, -0.2) is 12.8 Å². The zero-order valence-electron chi connectivity index (χ0n) is 20.9. The SMILES string of the molecule is COc1cccc(N(CC(=O)N(Cc2ccccc2F)[C@@H](C)C(=O)NC2CCCCC2)S(C)(=O)=O)c1. The monoisotopic (exact) mass is 519 g/mol. The number of carbonyl (C=O) groups is 2. The maximum Gasteiger partial charge on any atom is 0.244 e. The standard InChI is InChI=1S/C26H34FN3O5S/c1-19(26(32)28-21-11-5-4-6-12-21)29(17-20-10-7-8-15-24(20)27)25(31)18-30(36(3,33)34)22-13-9-14-23(16-22)35-2/h7-10,13-16,19,21H,4-6,11-12,17-18H2,1-3H3,(H,28,32)/t19-/m0/s1. The number of methoxy groups -OCH3 is 1. The van der Waals surface area contributed by atoms with Crippen LogP contribution in [0.2, 0.25) is 0 Å². The maximum absolute atomic E-state index is 14.5. The molecule has 0 unspecified atom stereocenters. The van der Waals surface area contributed by atoms with Gasteiger partial charge in [0.25, 0.3) is 0 Å². The van der Waals surface area contributed by atoms with Gasteiger partial charge in [-0.1, -0.05) is 43.5 Å². The highest BCUT2D eigenvalue weighted by molar-refractivity contribution is 7.92. The fraction of sp³-hybridized carbons (Fsp3) is 0.462. The minimum Gasteiger partial charge on any atom is -0.497 e. The number of carbonyl (C=O) groups excluding carboxylic acids is 2. The van der Waals surface area contributed by atoms with E-state index in [2.05, 4.69) is 5.32 Å². The Morgan fingerprint density at radius 1 is 1.11 bits per heavy atom. The van der Waals surface area contributed by atoms with Crippen molar-refractivity contribution in [1.29, 1.82) is 0 Å². The Bertz CT molecular complexity index is 1170. The van der Waals surface area contributed by atoms with Gasteiger partial charge in [-0.05, 0) is 38.0 Å². The van der Waals surface area contributed by atoms with Crippen LogP contribution in [0.4, 0.5) is 10.1 Å². The summed E-state index contributed by atoms with van der Waals surface area (Å²) in [6.07, 6.45) is 5.93. The summed E-state index contributed by atoms with van der Waals surface area (Å²) in [7, 11) is -2.41. The highest BCUT2D eigenvalue weighted by Crippen LogP contribution is 2.24. The molecule has 0 aliphatic heterocycles. The summed E-state index contributed by atoms with van der Waals surface area (Å²) in [5, 5.41) is 3.01. The second kappa shape index (κ2) is 12.2. The van der Waals surface area contributed by atoms with Gasteiger partial charge >= 0.3 is 0 Å². The average molecular weight is 520 g/mol. The van der Waals surface area contributed by atoms with Crippen molar-refractivity contribution in [3.8, 4) is 5.75 Å². The molecule has 0 saturated heterocycles. The second-order valence-electron chi connectivity index (χ2n) is 9.10. The number of amides is 2. The summed E-state index contributed by atoms with van der Waals surface area (Å²) < 4.78 is 45.9. The topological polar surface area (TPSA) is 96.0 Å². The van der Waals surface area contributed by atoms with Gasteiger partial charge in [0.2, 0.25) is 21.8 Å². The van der Waals surface area contributed by atoms with Crippen LogP contribution in [0.5, 0.6) is 5.75 Å². The van der Waals surface area contributed by atoms with Crippen molar-refractivity contribution in [2.75, 3.05) is 24.2 Å². The highest BCUT2D eigenvalue weighted by Gasteiger charge is 2.31. The number of hydrogen-bond acceptors (Lipinski definition) is 5. The van der Waals surface area contributed by atoms with E-state index in [4.69, 9.17) is 4.74 Å². The number of benzene rings is 2. The summed E-state index contributed by atoms with van der Waals surface area (Å²) in [5.74, 6) is -1.06. The zero-order valence-corrected chi connectivity index (χ0v) is 21.8. The van der Waals surface area contributed by atoms with E-state index in [1.807, 2.05) is 0 Å². The van der Waals surface area contributed by atoms with Crippen LogP contribution < -0.4 is 14.4 Å². The molecule has 0 heterocycles. The van der Waals surface area contributed by atoms with Crippen molar-refractivity contribution in [3.63, 3.8) is 0 Å². The van der Waals surface area contributed by atoms with Crippen LogP contribution in [0, 0.1) is 5.82 Å². The molecule has 196 valence electrons. The molecule has 8 nitrogen and oxygen atoms in total. The maximum atomic E-state index is 14.5. The van der Waals surface area contributed by atoms with Crippen molar-refractivity contribution in [1.82, 2.24) is 10.2 Å². The quantitative estimate of drug-likeness (QED) is 0.519. The Kier molecular flexibility index (Phi) is 9.31. The van der Waals surface area contributed by atoms with Crippen LogP contribution in [0.25, 0.3) is 0 Å². The lowest BCUT2D eigenvalue weighted by atomic mass is 9.95. The van der Waals surface area contributed by atoms with Gasteiger partial charge in [0.1, 0.15) is 24.2 Å². The Morgan fingerprint density at radius 2 is 1.81 bits per heavy atom. The fourth-order valence-electron chi connectivity index (χ4n) is 4.34. The molecule has 1 fully saturated rings. The van der Waals surface area contributed by atoms with E-state index in [1.54, 1.807) is 37.3 Å². The number of halogens is 1. The second-order valence-corrected chi connectivity index (χ2v) is 11.0. The molecule has 1 atom stereocenters. The molecule has 0 bridgehead atoms. The Labute approximate surface area is 212 Å². The van der Waals surface area contributed by atoms with E-state index >= 15 is 0 Å². The largest absolute Gasteiger partial charge is 0.497 e. The van der Waals surface area contributed by atoms with E-state index in [1.165, 1.54) is 30.2 Å². The van der Waals surface area contributed by atoms with Gasteiger partial charge in [0.05, 0.1) is 19.1 Å². The van der Waals surface area contributed by atoms with E-state index in [0.717, 1.165) is 42.7 Å². The third-order valence-corrected chi connectivity index (χ3v) is 7.58. The van der Waals surface area contributed by atoms with Crippen molar-refractivity contribution < 1.29 is 27.1 Å². The van der Waals surface area contributed by atoms with Gasteiger partial charge in [0, 0.05) is 24.2 Å². The van der Waals surface area contributed by atoms with E-state index < -0.39 is 34.3 Å². The van der Waals surface area contributed by atoms with Crippen LogP contribution in [0.15, 0.2) is 48.5 Å². The number of ether oxygens (including phenoxy) is 1. The molecule has 2 amide bonds. The molecular weight excluding hydrogens is 485 g/mol. The third kappa shape index (κ3) is 7.19. The Morgan fingerprint density at radius 3 is 2.44 bits per heavy atom. The first-order chi connectivity index (χ1) is 17.1. The summed E-state index contributed by atoms with van der Waals surface area (Å²) in [4.78, 5) is 27.9. The lowest BCUT2D eigenvalue weighted by Crippen LogP contribution is -2.53. The third-order valence-electron chi connectivity index (χ3n) is 6.44. The van der Waals surface area contributed by atoms with Gasteiger partial charge < -0.3 is 15.0 Å². The minimum absolute atomic E-state index is 0.0309. The van der Waals surface area contributed by atoms with Gasteiger partial charge in [-0.3, -0.25) is 13.9 Å². The Hall–Kier alpha value is -3.14. The number of rotatable bonds is 10. The molecule has 2 aromatic carbocycles. The summed E-state index contributed by atoms with van der Waals surface area (Å²) in [5.41, 5.74) is 0.478. The number of anilines is 1. The minimum atomic E-state index is -3.87. The van der Waals surface area contributed by atoms with Crippen molar-refractivity contribution >= 4 is 27.5 Å². The Balaban J connectivity index is 1.89. The number of nitrogens with one attached hydrogen (secondary N) is 1. The van der Waals surface area contributed by atoms with E-state index in [-0.39, 0.29) is 29.7 Å². The highest BCUT2D eigenvalue weighted by atomic mass is 32.2. The van der Waals surface area contributed by atoms with Crippen molar-refractivity contribution in [3.05, 3.63) is 59.9 Å². The van der Waals surface area contributed by atoms with Crippen molar-refractivity contribution in [2.24, 2.45) is 0 Å². The summed E-state index contributed by atoms with van der Waals surface area (Å²) in [6.45, 7) is 0.842. The first-order valence-corrected chi connectivity index (χ1v) is 13.9. The van der Waals surface area contributed by atoms with Crippen LogP contribution in [-0.2, 0) is 26.2 Å². The predicted molar refractivity (Wildman–Crippen MR) is 137 cm³/mol. The van der Waals surface area contributed by atoms with Crippen LogP contribution in [0.3, 0.4) is 0 Å². The molecular formula is C26H34FN3O5S. The molecule has 1 aliphatic carbocycles. The van der Waals surface area contributed by atoms with Crippen LogP contribution in [-0.4, -0.2) is 57.1 Å². The molecule has 1 saturated carbocycles. The zero-order chi connectivity index (χ0) is 26.3. The predicted octanol–water partition coefficient (Wildman–Crippen LogP) is 3.47.